The van der Waals surface area contributed by atoms with Gasteiger partial charge in [0.05, 0.1) is 6.54 Å². The van der Waals surface area contributed by atoms with Crippen LogP contribution in [-0.4, -0.2) is 54.9 Å². The molecular weight excluding hydrogens is 432 g/mol. The lowest BCUT2D eigenvalue weighted by molar-refractivity contribution is -0.0415. The van der Waals surface area contributed by atoms with E-state index in [1.807, 2.05) is 19.2 Å². The van der Waals surface area contributed by atoms with Gasteiger partial charge in [-0.05, 0) is 19.2 Å². The third-order valence-corrected chi connectivity index (χ3v) is 4.65. The number of nitrogens with zero attached hydrogens (tertiary/aromatic N) is 2. The van der Waals surface area contributed by atoms with Crippen LogP contribution in [0, 0.1) is 0 Å². The number of likely N-dealkylation sites (N-methyl/N-ethyl adjacent to an activating group) is 1. The van der Waals surface area contributed by atoms with Crippen molar-refractivity contribution in [3.8, 4) is 5.06 Å². The molecule has 0 aromatic carbocycles. The molecule has 2 rings (SSSR count). The summed E-state index contributed by atoms with van der Waals surface area (Å²) in [5.74, 6) is -2.85. The van der Waals surface area contributed by atoms with E-state index in [9.17, 15) is 8.78 Å². The van der Waals surface area contributed by atoms with Crippen LogP contribution in [0.3, 0.4) is 0 Å². The van der Waals surface area contributed by atoms with Crippen LogP contribution in [0.4, 0.5) is 8.78 Å². The average Bonchev–Trinajstić information content (AvgIpc) is 2.73. The molecule has 1 saturated heterocycles. The summed E-state index contributed by atoms with van der Waals surface area (Å²) in [5.41, 5.74) is 0. The molecule has 1 aliphatic heterocycles. The topological polar surface area (TPSA) is 24.9 Å². The van der Waals surface area contributed by atoms with E-state index in [4.69, 9.17) is 4.74 Å². The molecule has 1 aliphatic rings. The van der Waals surface area contributed by atoms with E-state index in [2.05, 4.69) is 17.4 Å². The highest BCUT2D eigenvalue weighted by Gasteiger charge is 2.31. The predicted octanol–water partition coefficient (Wildman–Crippen LogP) is 3.03. The largest absolute Gasteiger partial charge is 0.478 e. The molecule has 1 atom stereocenters. The van der Waals surface area contributed by atoms with Crippen LogP contribution in [0.25, 0.3) is 0 Å². The summed E-state index contributed by atoms with van der Waals surface area (Å²) in [6.07, 6.45) is 0.249. The van der Waals surface area contributed by atoms with Crippen molar-refractivity contribution in [3.05, 3.63) is 17.0 Å². The summed E-state index contributed by atoms with van der Waals surface area (Å²) >= 11 is 2.99. The Morgan fingerprint density at radius 2 is 2.24 bits per heavy atom. The van der Waals surface area contributed by atoms with E-state index in [1.165, 1.54) is 39.0 Å². The number of hydrogen-bond donors (Lipinski definition) is 0. The maximum atomic E-state index is 13.4. The minimum atomic E-state index is -2.85. The predicted molar refractivity (Wildman–Crippen MR) is 91.3 cm³/mol. The molecule has 0 amide bonds. The summed E-state index contributed by atoms with van der Waals surface area (Å²) in [6, 6.07) is 3.83. The van der Waals surface area contributed by atoms with E-state index < -0.39 is 12.5 Å². The second kappa shape index (κ2) is 7.79. The zero-order chi connectivity index (χ0) is 15.5. The molecule has 4 nitrogen and oxygen atoms in total. The zero-order valence-corrected chi connectivity index (χ0v) is 15.7. The molecule has 1 aromatic rings. The molecule has 1 aromatic heterocycles. The van der Waals surface area contributed by atoms with Crippen LogP contribution in [0.15, 0.2) is 12.1 Å². The van der Waals surface area contributed by atoms with Gasteiger partial charge in [0.15, 0.2) is 5.06 Å². The molecule has 1 unspecified atom stereocenters. The van der Waals surface area contributed by atoms with Crippen molar-refractivity contribution in [2.45, 2.75) is 18.6 Å². The molecule has 2 heterocycles. The van der Waals surface area contributed by atoms with Gasteiger partial charge in [0.1, 0.15) is 35.7 Å². The minimum absolute atomic E-state index is 0.249. The Morgan fingerprint density at radius 3 is 2.86 bits per heavy atom. The Morgan fingerprint density at radius 1 is 1.52 bits per heavy atom. The fraction of sp³-hybridized carbons (Fsp3) is 0.667. The normalized spacial score (nSPS) is 17.2. The summed E-state index contributed by atoms with van der Waals surface area (Å²) in [6.45, 7) is 1.38. The van der Waals surface area contributed by atoms with Crippen molar-refractivity contribution in [1.82, 2.24) is 9.57 Å². The van der Waals surface area contributed by atoms with Gasteiger partial charge in [0.2, 0.25) is 0 Å². The van der Waals surface area contributed by atoms with Crippen molar-refractivity contribution in [2.24, 2.45) is 0 Å². The quantitative estimate of drug-likeness (QED) is 0.449. The van der Waals surface area contributed by atoms with Crippen LogP contribution in [0.5, 0.6) is 5.06 Å². The Hall–Kier alpha value is 0.400. The van der Waals surface area contributed by atoms with Gasteiger partial charge in [0, 0.05) is 24.5 Å². The summed E-state index contributed by atoms with van der Waals surface area (Å²) in [5, 5.41) is 0.851. The number of alkyl halides is 2. The first-order chi connectivity index (χ1) is 9.88. The highest BCUT2D eigenvalue weighted by molar-refractivity contribution is 14.1. The first-order valence-corrected chi connectivity index (χ1v) is 8.64. The molecule has 0 N–H and O–H groups in total. The van der Waals surface area contributed by atoms with Crippen molar-refractivity contribution < 1.29 is 16.6 Å². The highest BCUT2D eigenvalue weighted by Crippen LogP contribution is 2.29. The molecule has 0 bridgehead atoms. The SMILES string of the molecule is CN1CC(Oc2ccc(CN(P)CC(F)(F)COI)s2)C1. The van der Waals surface area contributed by atoms with Crippen molar-refractivity contribution in [1.29, 1.82) is 0 Å². The monoisotopic (exact) mass is 450 g/mol. The molecule has 9 heteroatoms. The van der Waals surface area contributed by atoms with Crippen molar-refractivity contribution >= 4 is 43.7 Å². The molecule has 1 fully saturated rings. The molecule has 0 spiro atoms. The average molecular weight is 450 g/mol. The second-order valence-electron chi connectivity index (χ2n) is 5.20. The number of thiophene rings is 1. The van der Waals surface area contributed by atoms with E-state index >= 15 is 0 Å². The lowest BCUT2D eigenvalue weighted by atomic mass is 10.2. The molecule has 21 heavy (non-hydrogen) atoms. The summed E-state index contributed by atoms with van der Waals surface area (Å²) < 4.78 is 38.7. The van der Waals surface area contributed by atoms with Gasteiger partial charge >= 0.3 is 0 Å². The van der Waals surface area contributed by atoms with Gasteiger partial charge in [-0.15, -0.1) is 11.3 Å². The Kier molecular flexibility index (Phi) is 6.58. The van der Waals surface area contributed by atoms with E-state index in [-0.39, 0.29) is 12.6 Å². The maximum Gasteiger partial charge on any atom is 0.284 e. The first-order valence-electron chi connectivity index (χ1n) is 6.43. The number of hydrogen-bond acceptors (Lipinski definition) is 5. The zero-order valence-electron chi connectivity index (χ0n) is 11.6. The van der Waals surface area contributed by atoms with Gasteiger partial charge in [-0.2, -0.15) is 0 Å². The molecule has 0 aliphatic carbocycles. The van der Waals surface area contributed by atoms with Gasteiger partial charge in [0.25, 0.3) is 5.92 Å². The van der Waals surface area contributed by atoms with Crippen LogP contribution in [-0.2, 0) is 9.61 Å². The van der Waals surface area contributed by atoms with E-state index in [0.29, 0.717) is 6.54 Å². The molecule has 120 valence electrons. The van der Waals surface area contributed by atoms with Gasteiger partial charge in [-0.3, -0.25) is 9.57 Å². The van der Waals surface area contributed by atoms with Crippen LogP contribution < -0.4 is 4.74 Å². The van der Waals surface area contributed by atoms with Gasteiger partial charge in [-0.25, -0.2) is 8.78 Å². The van der Waals surface area contributed by atoms with Gasteiger partial charge < -0.3 is 7.80 Å². The Balaban J connectivity index is 1.78. The fourth-order valence-electron chi connectivity index (χ4n) is 2.07. The third kappa shape index (κ3) is 5.84. The van der Waals surface area contributed by atoms with Crippen molar-refractivity contribution in [2.75, 3.05) is 33.3 Å². The molecule has 0 radical (unpaired) electrons. The second-order valence-corrected chi connectivity index (χ2v) is 7.68. The Labute approximate surface area is 143 Å². The van der Waals surface area contributed by atoms with E-state index in [0.717, 1.165) is 23.0 Å². The lowest BCUT2D eigenvalue weighted by Crippen LogP contribution is -2.51. The third-order valence-electron chi connectivity index (χ3n) is 3.01. The lowest BCUT2D eigenvalue weighted by Gasteiger charge is -2.35. The summed E-state index contributed by atoms with van der Waals surface area (Å²) in [4.78, 5) is 3.18. The smallest absolute Gasteiger partial charge is 0.284 e. The highest BCUT2D eigenvalue weighted by atomic mass is 127. The van der Waals surface area contributed by atoms with Crippen molar-refractivity contribution in [3.63, 3.8) is 0 Å². The Bertz CT molecular complexity index is 460. The number of ether oxygens (including phenoxy) is 1. The summed E-state index contributed by atoms with van der Waals surface area (Å²) in [7, 11) is 4.39. The van der Waals surface area contributed by atoms with Gasteiger partial charge in [-0.1, -0.05) is 9.39 Å². The molecule has 0 saturated carbocycles. The first kappa shape index (κ1) is 17.7. The standard InChI is InChI=1S/C12H18F2IN2O2PS/c1-16-4-9(5-16)19-11-3-2-10(21-11)6-17(20)7-12(13,14)8-18-15/h2-3,9H,4-8,20H2,1H3. The molecular formula is C12H18F2IN2O2PS. The number of halogens is 3. The fourth-order valence-corrected chi connectivity index (χ4v) is 4.06. The van der Waals surface area contributed by atoms with Crippen LogP contribution in [0.2, 0.25) is 0 Å². The number of rotatable bonds is 8. The van der Waals surface area contributed by atoms with Crippen LogP contribution in [0.1, 0.15) is 4.88 Å². The maximum absolute atomic E-state index is 13.4. The van der Waals surface area contributed by atoms with Crippen LogP contribution >= 0.6 is 43.7 Å². The van der Waals surface area contributed by atoms with E-state index in [1.54, 1.807) is 0 Å². The number of likely N-dealkylation sites (tertiary alicyclic amines) is 1. The minimum Gasteiger partial charge on any atom is -0.478 e.